The van der Waals surface area contributed by atoms with Crippen LogP contribution in [-0.2, 0) is 4.74 Å². The molecule has 3 heteroatoms. The molecule has 0 bridgehead atoms. The summed E-state index contributed by atoms with van der Waals surface area (Å²) in [5, 5.41) is 7.62. The average Bonchev–Trinajstić information content (AvgIpc) is 1.85. The van der Waals surface area contributed by atoms with Gasteiger partial charge in [-0.15, -0.1) is 5.10 Å². The highest BCUT2D eigenvalue weighted by molar-refractivity contribution is 5.80. The van der Waals surface area contributed by atoms with Gasteiger partial charge in [0.05, 0.1) is 6.61 Å². The van der Waals surface area contributed by atoms with Crippen molar-refractivity contribution in [1.82, 2.24) is 0 Å². The summed E-state index contributed by atoms with van der Waals surface area (Å²) in [4.78, 5) is 0. The third kappa shape index (κ3) is 5.28. The molecule has 0 aromatic rings. The Bertz CT molecular complexity index is 146. The van der Waals surface area contributed by atoms with E-state index in [1.165, 1.54) is 0 Å². The van der Waals surface area contributed by atoms with Crippen molar-refractivity contribution in [3.63, 3.8) is 0 Å². The average molecular weight is 142 g/mol. The topological polar surface area (TPSA) is 34.0 Å². The predicted molar refractivity (Wildman–Crippen MR) is 43.5 cm³/mol. The highest BCUT2D eigenvalue weighted by Gasteiger charge is 1.84. The molecule has 0 aromatic carbocycles. The highest BCUT2D eigenvalue weighted by atomic mass is 16.5. The predicted octanol–water partition coefficient (Wildman–Crippen LogP) is 1.84. The zero-order valence-corrected chi connectivity index (χ0v) is 7.01. The van der Waals surface area contributed by atoms with Crippen molar-refractivity contribution in [2.45, 2.75) is 27.7 Å². The fourth-order valence-electron chi connectivity index (χ4n) is 0.408. The summed E-state index contributed by atoms with van der Waals surface area (Å²) in [7, 11) is 0. The van der Waals surface area contributed by atoms with E-state index in [0.29, 0.717) is 12.5 Å². The van der Waals surface area contributed by atoms with E-state index in [2.05, 4.69) is 10.2 Å². The number of ether oxygens (including phenoxy) is 1. The second-order valence-electron chi connectivity index (χ2n) is 2.10. The van der Waals surface area contributed by atoms with Gasteiger partial charge in [0.25, 0.3) is 0 Å². The molecule has 0 aliphatic rings. The maximum absolute atomic E-state index is 5.04. The van der Waals surface area contributed by atoms with E-state index >= 15 is 0 Å². The minimum absolute atomic E-state index is 0.615. The molecule has 58 valence electrons. The molecule has 3 nitrogen and oxygen atoms in total. The van der Waals surface area contributed by atoms with Gasteiger partial charge in [0.1, 0.15) is 0 Å². The molecule has 0 amide bonds. The monoisotopic (exact) mass is 142 g/mol. The number of hydrogen-bond donors (Lipinski definition) is 0. The van der Waals surface area contributed by atoms with E-state index < -0.39 is 0 Å². The van der Waals surface area contributed by atoms with Gasteiger partial charge in [-0.05, 0) is 20.8 Å². The van der Waals surface area contributed by atoms with E-state index in [-0.39, 0.29) is 0 Å². The lowest BCUT2D eigenvalue weighted by Crippen LogP contribution is -1.97. The first-order valence-corrected chi connectivity index (χ1v) is 3.35. The van der Waals surface area contributed by atoms with E-state index in [1.54, 1.807) is 6.92 Å². The first kappa shape index (κ1) is 9.14. The van der Waals surface area contributed by atoms with E-state index in [4.69, 9.17) is 4.74 Å². The minimum Gasteiger partial charge on any atom is -0.480 e. The third-order valence-electron chi connectivity index (χ3n) is 0.744. The lowest BCUT2D eigenvalue weighted by atomic mass is 10.5. The Hall–Kier alpha value is -0.860. The molecule has 0 radical (unpaired) electrons. The highest BCUT2D eigenvalue weighted by Crippen LogP contribution is 1.83. The molecular formula is C7H14N2O. The molecule has 0 saturated carbocycles. The van der Waals surface area contributed by atoms with Crippen molar-refractivity contribution < 1.29 is 4.74 Å². The van der Waals surface area contributed by atoms with Crippen molar-refractivity contribution in [2.24, 2.45) is 10.2 Å². The molecule has 0 atom stereocenters. The van der Waals surface area contributed by atoms with Gasteiger partial charge < -0.3 is 4.74 Å². The van der Waals surface area contributed by atoms with Gasteiger partial charge in [0, 0.05) is 12.6 Å². The van der Waals surface area contributed by atoms with Gasteiger partial charge in [-0.3, -0.25) is 0 Å². The van der Waals surface area contributed by atoms with Gasteiger partial charge in [-0.1, -0.05) is 0 Å². The Morgan fingerprint density at radius 3 is 2.20 bits per heavy atom. The van der Waals surface area contributed by atoms with Gasteiger partial charge in [0.2, 0.25) is 5.90 Å². The zero-order valence-electron chi connectivity index (χ0n) is 7.01. The summed E-state index contributed by atoms with van der Waals surface area (Å²) in [5.74, 6) is 0.615. The molecule has 10 heavy (non-hydrogen) atoms. The van der Waals surface area contributed by atoms with Crippen LogP contribution < -0.4 is 0 Å². The molecule has 0 aromatic heterocycles. The number of rotatable bonds is 2. The van der Waals surface area contributed by atoms with Crippen LogP contribution in [0.3, 0.4) is 0 Å². The third-order valence-corrected chi connectivity index (χ3v) is 0.744. The minimum atomic E-state index is 0.615. The van der Waals surface area contributed by atoms with E-state index in [1.807, 2.05) is 20.8 Å². The molecule has 0 N–H and O–H groups in total. The van der Waals surface area contributed by atoms with Crippen LogP contribution in [0.1, 0.15) is 27.7 Å². The molecule has 0 heterocycles. The van der Waals surface area contributed by atoms with Gasteiger partial charge in [-0.2, -0.15) is 5.10 Å². The van der Waals surface area contributed by atoms with Crippen LogP contribution in [0.4, 0.5) is 0 Å². The van der Waals surface area contributed by atoms with Crippen molar-refractivity contribution in [2.75, 3.05) is 6.61 Å². The first-order chi connectivity index (χ1) is 4.66. The van der Waals surface area contributed by atoms with E-state index in [9.17, 15) is 0 Å². The lowest BCUT2D eigenvalue weighted by molar-refractivity contribution is 0.323. The quantitative estimate of drug-likeness (QED) is 0.329. The number of nitrogens with zero attached hydrogens (tertiary/aromatic N) is 2. The first-order valence-electron chi connectivity index (χ1n) is 3.35. The molecule has 0 aliphatic heterocycles. The van der Waals surface area contributed by atoms with Gasteiger partial charge in [0.15, 0.2) is 0 Å². The fraction of sp³-hybridized carbons (Fsp3) is 0.714. The Balaban J connectivity index is 3.79. The summed E-state index contributed by atoms with van der Waals surface area (Å²) < 4.78 is 5.04. The van der Waals surface area contributed by atoms with Crippen molar-refractivity contribution in [1.29, 1.82) is 0 Å². The summed E-state index contributed by atoms with van der Waals surface area (Å²) in [5.41, 5.74) is 0.930. The SMILES string of the molecule is CCO/C(C)=N/N=C(C)C. The largest absolute Gasteiger partial charge is 0.480 e. The molecule has 0 spiro atoms. The molecule has 0 aliphatic carbocycles. The van der Waals surface area contributed by atoms with Gasteiger partial charge >= 0.3 is 0 Å². The second-order valence-corrected chi connectivity index (χ2v) is 2.10. The molecular weight excluding hydrogens is 128 g/mol. The van der Waals surface area contributed by atoms with Crippen LogP contribution in [0.15, 0.2) is 10.2 Å². The summed E-state index contributed by atoms with van der Waals surface area (Å²) in [6.07, 6.45) is 0. The van der Waals surface area contributed by atoms with Crippen molar-refractivity contribution >= 4 is 11.6 Å². The van der Waals surface area contributed by atoms with Crippen LogP contribution in [0.5, 0.6) is 0 Å². The van der Waals surface area contributed by atoms with Crippen LogP contribution in [-0.4, -0.2) is 18.2 Å². The second kappa shape index (κ2) is 4.97. The molecule has 0 rings (SSSR count). The molecule has 0 fully saturated rings. The van der Waals surface area contributed by atoms with Gasteiger partial charge in [-0.25, -0.2) is 0 Å². The normalized spacial score (nSPS) is 11.0. The summed E-state index contributed by atoms with van der Waals surface area (Å²) >= 11 is 0. The number of hydrogen-bond acceptors (Lipinski definition) is 3. The molecule has 0 unspecified atom stereocenters. The van der Waals surface area contributed by atoms with Crippen LogP contribution in [0, 0.1) is 0 Å². The van der Waals surface area contributed by atoms with E-state index in [0.717, 1.165) is 5.71 Å². The Morgan fingerprint density at radius 2 is 1.80 bits per heavy atom. The Morgan fingerprint density at radius 1 is 1.20 bits per heavy atom. The smallest absolute Gasteiger partial charge is 0.205 e. The standard InChI is InChI=1S/C7H14N2O/c1-5-10-7(4)9-8-6(2)3/h5H2,1-4H3/b9-7+. The zero-order chi connectivity index (χ0) is 7.98. The van der Waals surface area contributed by atoms with Crippen LogP contribution in [0.25, 0.3) is 0 Å². The van der Waals surface area contributed by atoms with Crippen LogP contribution in [0.2, 0.25) is 0 Å². The lowest BCUT2D eigenvalue weighted by Gasteiger charge is -1.96. The summed E-state index contributed by atoms with van der Waals surface area (Å²) in [6.45, 7) is 8.14. The maximum Gasteiger partial charge on any atom is 0.205 e. The summed E-state index contributed by atoms with van der Waals surface area (Å²) in [6, 6.07) is 0. The maximum atomic E-state index is 5.04. The fourth-order valence-corrected chi connectivity index (χ4v) is 0.408. The Labute approximate surface area is 61.8 Å². The molecule has 0 saturated heterocycles. The van der Waals surface area contributed by atoms with Crippen LogP contribution >= 0.6 is 0 Å². The van der Waals surface area contributed by atoms with Crippen molar-refractivity contribution in [3.8, 4) is 0 Å². The Kier molecular flexibility index (Phi) is 4.54. The van der Waals surface area contributed by atoms with Crippen molar-refractivity contribution in [3.05, 3.63) is 0 Å².